The fraction of sp³-hybridized carbons (Fsp3) is 0.174. The van der Waals surface area contributed by atoms with Gasteiger partial charge in [0.1, 0.15) is 12.2 Å². The van der Waals surface area contributed by atoms with E-state index in [-0.39, 0.29) is 17.2 Å². The number of aryl methyl sites for hydroxylation is 1. The molecule has 6 nitrogen and oxygen atoms in total. The highest BCUT2D eigenvalue weighted by Crippen LogP contribution is 2.37. The van der Waals surface area contributed by atoms with Gasteiger partial charge in [0.05, 0.1) is 12.1 Å². The summed E-state index contributed by atoms with van der Waals surface area (Å²) < 4.78 is 11.3. The van der Waals surface area contributed by atoms with Crippen molar-refractivity contribution in [2.24, 2.45) is 0 Å². The number of nitrogens with one attached hydrogen (secondary N) is 1. The molecule has 1 N–H and O–H groups in total. The summed E-state index contributed by atoms with van der Waals surface area (Å²) in [6.45, 7) is 6.12. The van der Waals surface area contributed by atoms with Crippen LogP contribution in [0.15, 0.2) is 54.6 Å². The lowest BCUT2D eigenvalue weighted by Gasteiger charge is -2.27. The van der Waals surface area contributed by atoms with Gasteiger partial charge in [0.15, 0.2) is 16.6 Å². The molecule has 0 bridgehead atoms. The first-order valence-corrected chi connectivity index (χ1v) is 10.2. The molecule has 3 rings (SSSR count). The summed E-state index contributed by atoms with van der Waals surface area (Å²) in [4.78, 5) is 26.3. The first-order valence-electron chi connectivity index (χ1n) is 9.39. The van der Waals surface area contributed by atoms with E-state index in [1.807, 2.05) is 31.2 Å². The van der Waals surface area contributed by atoms with Crippen LogP contribution >= 0.6 is 23.8 Å². The molecule has 31 heavy (non-hydrogen) atoms. The minimum Gasteiger partial charge on any atom is -0.493 e. The van der Waals surface area contributed by atoms with Crippen LogP contribution in [0.2, 0.25) is 5.02 Å². The monoisotopic (exact) mass is 456 g/mol. The van der Waals surface area contributed by atoms with Gasteiger partial charge in [-0.1, -0.05) is 47.5 Å². The van der Waals surface area contributed by atoms with Crippen LogP contribution in [0, 0.1) is 6.92 Å². The highest BCUT2D eigenvalue weighted by atomic mass is 35.5. The van der Waals surface area contributed by atoms with Crippen LogP contribution in [-0.2, 0) is 16.2 Å². The van der Waals surface area contributed by atoms with Crippen LogP contribution in [0.5, 0.6) is 11.5 Å². The number of thiocarbonyl (C=S) groups is 1. The van der Waals surface area contributed by atoms with Crippen molar-refractivity contribution in [3.8, 4) is 11.5 Å². The van der Waals surface area contributed by atoms with E-state index in [9.17, 15) is 9.59 Å². The van der Waals surface area contributed by atoms with Crippen LogP contribution in [0.3, 0.4) is 0 Å². The molecule has 2 amide bonds. The van der Waals surface area contributed by atoms with Gasteiger partial charge >= 0.3 is 0 Å². The molecule has 1 aliphatic heterocycles. The van der Waals surface area contributed by atoms with Crippen molar-refractivity contribution in [2.45, 2.75) is 13.5 Å². The van der Waals surface area contributed by atoms with Gasteiger partial charge in [0, 0.05) is 6.54 Å². The maximum Gasteiger partial charge on any atom is 0.265 e. The van der Waals surface area contributed by atoms with Crippen molar-refractivity contribution < 1.29 is 19.1 Å². The van der Waals surface area contributed by atoms with Crippen molar-refractivity contribution in [3.63, 3.8) is 0 Å². The van der Waals surface area contributed by atoms with Gasteiger partial charge in [-0.2, -0.15) is 0 Å². The molecular weight excluding hydrogens is 436 g/mol. The molecule has 0 unspecified atom stereocenters. The number of methoxy groups -OCH3 is 1. The molecule has 0 spiro atoms. The Bertz CT molecular complexity index is 1080. The third-order valence-corrected chi connectivity index (χ3v) is 5.17. The standard InChI is InChI=1S/C23H21ClN2O4S/c1-4-9-26-22(28)17(21(27)25-23(26)31)10-16-11-18(24)20(19(12-16)29-3)30-13-15-7-5-14(2)6-8-15/h4-8,10-12H,1,9,13H2,2-3H3,(H,25,27,31)/b17-10+. The normalized spacial score (nSPS) is 15.1. The average Bonchev–Trinajstić information content (AvgIpc) is 2.74. The zero-order valence-corrected chi connectivity index (χ0v) is 18.7. The Hall–Kier alpha value is -3.16. The molecule has 1 fully saturated rings. The van der Waals surface area contributed by atoms with E-state index in [4.69, 9.17) is 33.3 Å². The molecule has 0 atom stereocenters. The third-order valence-electron chi connectivity index (χ3n) is 4.56. The lowest BCUT2D eigenvalue weighted by molar-refractivity contribution is -0.128. The van der Waals surface area contributed by atoms with Crippen molar-refractivity contribution in [1.82, 2.24) is 10.2 Å². The number of rotatable bonds is 7. The lowest BCUT2D eigenvalue weighted by Crippen LogP contribution is -2.53. The lowest BCUT2D eigenvalue weighted by atomic mass is 10.1. The summed E-state index contributed by atoms with van der Waals surface area (Å²) in [7, 11) is 1.49. The Morgan fingerprint density at radius 3 is 2.58 bits per heavy atom. The maximum absolute atomic E-state index is 12.7. The predicted octanol–water partition coefficient (Wildman–Crippen LogP) is 4.05. The van der Waals surface area contributed by atoms with Gasteiger partial charge in [0.25, 0.3) is 11.8 Å². The second kappa shape index (κ2) is 9.76. The van der Waals surface area contributed by atoms with Gasteiger partial charge in [-0.05, 0) is 48.5 Å². The number of hydrogen-bond acceptors (Lipinski definition) is 5. The van der Waals surface area contributed by atoms with Crippen molar-refractivity contribution in [2.75, 3.05) is 13.7 Å². The van der Waals surface area contributed by atoms with Crippen LogP contribution in [0.1, 0.15) is 16.7 Å². The second-order valence-corrected chi connectivity index (χ2v) is 7.62. The molecule has 1 saturated heterocycles. The number of benzene rings is 2. The molecule has 0 aromatic heterocycles. The Morgan fingerprint density at radius 2 is 1.94 bits per heavy atom. The van der Waals surface area contributed by atoms with E-state index in [0.717, 1.165) is 11.1 Å². The molecule has 0 saturated carbocycles. The largest absolute Gasteiger partial charge is 0.493 e. The molecule has 2 aromatic rings. The molecule has 1 aliphatic rings. The highest BCUT2D eigenvalue weighted by molar-refractivity contribution is 7.80. The number of nitrogens with zero attached hydrogens (tertiary/aromatic N) is 1. The summed E-state index contributed by atoms with van der Waals surface area (Å²) in [6.07, 6.45) is 2.97. The first kappa shape index (κ1) is 22.5. The molecule has 8 heteroatoms. The minimum atomic E-state index is -0.579. The quantitative estimate of drug-likeness (QED) is 0.294. The number of carbonyl (C=O) groups is 2. The Balaban J connectivity index is 1.88. The van der Waals surface area contributed by atoms with Crippen LogP contribution in [0.25, 0.3) is 6.08 Å². The molecular formula is C23H21ClN2O4S. The van der Waals surface area contributed by atoms with Gasteiger partial charge < -0.3 is 9.47 Å². The Kier molecular flexibility index (Phi) is 7.09. The molecule has 0 aliphatic carbocycles. The smallest absolute Gasteiger partial charge is 0.265 e. The van der Waals surface area contributed by atoms with Gasteiger partial charge in [-0.3, -0.25) is 19.8 Å². The fourth-order valence-electron chi connectivity index (χ4n) is 2.96. The summed E-state index contributed by atoms with van der Waals surface area (Å²) in [5.74, 6) is -0.331. The van der Waals surface area contributed by atoms with Crippen LogP contribution < -0.4 is 14.8 Å². The number of hydrogen-bond donors (Lipinski definition) is 1. The van der Waals surface area contributed by atoms with Crippen molar-refractivity contribution >= 4 is 46.8 Å². The summed E-state index contributed by atoms with van der Waals surface area (Å²) in [5, 5.41) is 2.84. The zero-order chi connectivity index (χ0) is 22.5. The highest BCUT2D eigenvalue weighted by Gasteiger charge is 2.32. The van der Waals surface area contributed by atoms with E-state index in [2.05, 4.69) is 11.9 Å². The summed E-state index contributed by atoms with van der Waals surface area (Å²) in [6, 6.07) is 11.2. The Morgan fingerprint density at radius 1 is 1.23 bits per heavy atom. The van der Waals surface area contributed by atoms with Gasteiger partial charge in [0.2, 0.25) is 0 Å². The van der Waals surface area contributed by atoms with E-state index in [0.29, 0.717) is 28.7 Å². The minimum absolute atomic E-state index is 0.0440. The van der Waals surface area contributed by atoms with Crippen LogP contribution in [-0.4, -0.2) is 35.5 Å². The molecule has 160 valence electrons. The van der Waals surface area contributed by atoms with E-state index < -0.39 is 11.8 Å². The second-order valence-electron chi connectivity index (χ2n) is 6.83. The summed E-state index contributed by atoms with van der Waals surface area (Å²) in [5.41, 5.74) is 2.58. The van der Waals surface area contributed by atoms with Crippen molar-refractivity contribution in [3.05, 3.63) is 76.3 Å². The van der Waals surface area contributed by atoms with Gasteiger partial charge in [-0.15, -0.1) is 6.58 Å². The van der Waals surface area contributed by atoms with Gasteiger partial charge in [-0.25, -0.2) is 0 Å². The average molecular weight is 457 g/mol. The van der Waals surface area contributed by atoms with Crippen molar-refractivity contribution in [1.29, 1.82) is 0 Å². The van der Waals surface area contributed by atoms with E-state index in [1.54, 1.807) is 12.1 Å². The number of halogens is 1. The maximum atomic E-state index is 12.7. The number of ether oxygens (including phenoxy) is 2. The fourth-order valence-corrected chi connectivity index (χ4v) is 3.48. The van der Waals surface area contributed by atoms with E-state index in [1.165, 1.54) is 24.2 Å². The third kappa shape index (κ3) is 5.13. The Labute approximate surface area is 191 Å². The molecule has 2 aromatic carbocycles. The first-order chi connectivity index (χ1) is 14.8. The number of amides is 2. The number of carbonyl (C=O) groups excluding carboxylic acids is 2. The topological polar surface area (TPSA) is 67.9 Å². The SMILES string of the molecule is C=CCN1C(=O)/C(=C/c2cc(Cl)c(OCc3ccc(C)cc3)c(OC)c2)C(=O)NC1=S. The molecule has 0 radical (unpaired) electrons. The molecule has 1 heterocycles. The van der Waals surface area contributed by atoms with E-state index >= 15 is 0 Å². The zero-order valence-electron chi connectivity index (χ0n) is 17.1. The predicted molar refractivity (Wildman–Crippen MR) is 124 cm³/mol. The summed E-state index contributed by atoms with van der Waals surface area (Å²) >= 11 is 11.5. The van der Waals surface area contributed by atoms with Crippen LogP contribution in [0.4, 0.5) is 0 Å².